The molecule has 2 aliphatic heterocycles. The van der Waals surface area contributed by atoms with E-state index in [-0.39, 0.29) is 26.2 Å². The molecule has 2 saturated heterocycles. The first-order valence-electron chi connectivity index (χ1n) is 9.87. The van der Waals surface area contributed by atoms with Crippen molar-refractivity contribution in [2.24, 2.45) is 0 Å². The van der Waals surface area contributed by atoms with E-state index in [0.29, 0.717) is 31.9 Å². The number of carbonyl (C=O) groups excluding carboxylic acids is 1. The second-order valence-electron chi connectivity index (χ2n) is 7.41. The zero-order chi connectivity index (χ0) is 23.5. The molecule has 0 spiro atoms. The van der Waals surface area contributed by atoms with Gasteiger partial charge < -0.3 is 14.4 Å². The van der Waals surface area contributed by atoms with Gasteiger partial charge in [-0.15, -0.1) is 0 Å². The highest BCUT2D eigenvalue weighted by atomic mass is 19.4. The van der Waals surface area contributed by atoms with Crippen molar-refractivity contribution in [3.05, 3.63) is 35.6 Å². The van der Waals surface area contributed by atoms with Gasteiger partial charge in [-0.2, -0.15) is 26.3 Å². The van der Waals surface area contributed by atoms with E-state index < -0.39 is 36.5 Å². The van der Waals surface area contributed by atoms with Gasteiger partial charge in [-0.25, -0.2) is 9.18 Å². The molecule has 0 bridgehead atoms. The van der Waals surface area contributed by atoms with E-state index in [1.165, 1.54) is 6.07 Å². The van der Waals surface area contributed by atoms with Crippen LogP contribution in [0.4, 0.5) is 35.5 Å². The highest BCUT2D eigenvalue weighted by Gasteiger charge is 2.60. The molecule has 1 atom stereocenters. The summed E-state index contributed by atoms with van der Waals surface area (Å²) in [6.07, 6.45) is -18.0. The lowest BCUT2D eigenvalue weighted by molar-refractivity contribution is -0.308. The van der Waals surface area contributed by atoms with Crippen LogP contribution >= 0.6 is 0 Å². The van der Waals surface area contributed by atoms with Gasteiger partial charge in [0.25, 0.3) is 6.10 Å². The maximum atomic E-state index is 14.5. The van der Waals surface area contributed by atoms with Gasteiger partial charge in [0.2, 0.25) is 0 Å². The molecule has 1 amide bonds. The number of hydrogen-bond acceptors (Lipinski definition) is 5. The Hall–Kier alpha value is -2.12. The molecule has 0 radical (unpaired) electrons. The molecule has 180 valence electrons. The van der Waals surface area contributed by atoms with E-state index in [0.717, 1.165) is 4.90 Å². The van der Waals surface area contributed by atoms with Gasteiger partial charge in [0.05, 0.1) is 19.4 Å². The second-order valence-corrected chi connectivity index (χ2v) is 7.41. The number of morpholine rings is 1. The lowest BCUT2D eigenvalue weighted by Crippen LogP contribution is -2.56. The fourth-order valence-corrected chi connectivity index (χ4v) is 3.77. The lowest BCUT2D eigenvalue weighted by Gasteiger charge is -2.45. The van der Waals surface area contributed by atoms with Crippen LogP contribution in [-0.2, 0) is 9.47 Å². The predicted octanol–water partition coefficient (Wildman–Crippen LogP) is 3.40. The summed E-state index contributed by atoms with van der Waals surface area (Å²) < 4.78 is 99.6. The van der Waals surface area contributed by atoms with Crippen LogP contribution in [0.1, 0.15) is 11.7 Å². The van der Waals surface area contributed by atoms with E-state index in [9.17, 15) is 35.5 Å². The standard InChI is InChI=1S/C19H22F7N3O3/c20-14-4-2-1-3-13(14)15(28-9-11-31-12-10-28)27-5-7-29(8-6-27)17(30)32-16(18(21,22)23)19(24,25)26/h1-4,15-16H,5-12H2. The molecular formula is C19H22F7N3O3. The van der Waals surface area contributed by atoms with Gasteiger partial charge >= 0.3 is 18.4 Å². The highest BCUT2D eigenvalue weighted by molar-refractivity contribution is 5.68. The van der Waals surface area contributed by atoms with Crippen LogP contribution in [0.15, 0.2) is 24.3 Å². The minimum absolute atomic E-state index is 0.105. The van der Waals surface area contributed by atoms with Crippen LogP contribution < -0.4 is 0 Å². The van der Waals surface area contributed by atoms with Crippen LogP contribution in [0.5, 0.6) is 0 Å². The average molecular weight is 473 g/mol. The first-order chi connectivity index (χ1) is 15.0. The van der Waals surface area contributed by atoms with Crippen molar-refractivity contribution in [2.45, 2.75) is 24.6 Å². The highest BCUT2D eigenvalue weighted by Crippen LogP contribution is 2.36. The van der Waals surface area contributed by atoms with Crippen molar-refractivity contribution in [2.75, 3.05) is 52.5 Å². The van der Waals surface area contributed by atoms with Gasteiger partial charge in [-0.3, -0.25) is 9.80 Å². The Labute approximate surface area is 179 Å². The van der Waals surface area contributed by atoms with Crippen LogP contribution in [0.2, 0.25) is 0 Å². The summed E-state index contributed by atoms with van der Waals surface area (Å²) in [6.45, 7) is 1.77. The minimum atomic E-state index is -5.78. The molecule has 2 aliphatic rings. The number of ether oxygens (including phenoxy) is 2. The van der Waals surface area contributed by atoms with Crippen LogP contribution in [-0.4, -0.2) is 91.7 Å². The molecular weight excluding hydrogens is 451 g/mol. The van der Waals surface area contributed by atoms with Gasteiger partial charge in [0.1, 0.15) is 5.82 Å². The number of nitrogens with zero attached hydrogens (tertiary/aromatic N) is 3. The van der Waals surface area contributed by atoms with E-state index in [1.54, 1.807) is 18.2 Å². The number of halogens is 7. The van der Waals surface area contributed by atoms with Crippen molar-refractivity contribution in [1.29, 1.82) is 0 Å². The van der Waals surface area contributed by atoms with Crippen molar-refractivity contribution >= 4 is 6.09 Å². The summed E-state index contributed by atoms with van der Waals surface area (Å²) in [5, 5.41) is 0. The van der Waals surface area contributed by atoms with Gasteiger partial charge in [0.15, 0.2) is 0 Å². The molecule has 32 heavy (non-hydrogen) atoms. The Bertz CT molecular complexity index is 762. The predicted molar refractivity (Wildman–Crippen MR) is 97.1 cm³/mol. The normalized spacial score (nSPS) is 20.4. The number of rotatable bonds is 4. The van der Waals surface area contributed by atoms with Crippen LogP contribution in [0.3, 0.4) is 0 Å². The van der Waals surface area contributed by atoms with Gasteiger partial charge in [-0.1, -0.05) is 18.2 Å². The maximum Gasteiger partial charge on any atom is 0.434 e. The number of benzene rings is 1. The zero-order valence-electron chi connectivity index (χ0n) is 16.8. The zero-order valence-corrected chi connectivity index (χ0v) is 16.8. The number of piperazine rings is 1. The Balaban J connectivity index is 1.69. The average Bonchev–Trinajstić information content (AvgIpc) is 2.73. The fraction of sp³-hybridized carbons (Fsp3) is 0.632. The Kier molecular flexibility index (Phi) is 7.50. The summed E-state index contributed by atoms with van der Waals surface area (Å²) in [4.78, 5) is 16.6. The summed E-state index contributed by atoms with van der Waals surface area (Å²) in [6, 6.07) is 6.15. The molecule has 0 aromatic heterocycles. The van der Waals surface area contributed by atoms with Crippen LogP contribution in [0.25, 0.3) is 0 Å². The van der Waals surface area contributed by atoms with Gasteiger partial charge in [0, 0.05) is 44.8 Å². The second kappa shape index (κ2) is 9.79. The molecule has 1 aromatic carbocycles. The molecule has 2 heterocycles. The number of amides is 1. The topological polar surface area (TPSA) is 45.2 Å². The molecule has 6 nitrogen and oxygen atoms in total. The summed E-state index contributed by atoms with van der Waals surface area (Å²) in [5.74, 6) is -0.441. The third kappa shape index (κ3) is 5.81. The van der Waals surface area contributed by atoms with E-state index in [4.69, 9.17) is 4.74 Å². The Morgan fingerprint density at radius 3 is 1.94 bits per heavy atom. The molecule has 3 rings (SSSR count). The summed E-state index contributed by atoms with van der Waals surface area (Å²) in [5.41, 5.74) is 0.389. The van der Waals surface area contributed by atoms with Crippen molar-refractivity contribution in [3.63, 3.8) is 0 Å². The van der Waals surface area contributed by atoms with Gasteiger partial charge in [-0.05, 0) is 6.07 Å². The smallest absolute Gasteiger partial charge is 0.426 e. The monoisotopic (exact) mass is 473 g/mol. The summed E-state index contributed by atoms with van der Waals surface area (Å²) in [7, 11) is 0. The SMILES string of the molecule is O=C(OC(C(F)(F)F)C(F)(F)F)N1CCN(C(c2ccccc2F)N2CCOCC2)CC1. The minimum Gasteiger partial charge on any atom is -0.426 e. The third-order valence-corrected chi connectivity index (χ3v) is 5.31. The molecule has 0 saturated carbocycles. The molecule has 13 heteroatoms. The van der Waals surface area contributed by atoms with E-state index in [2.05, 4.69) is 4.74 Å². The largest absolute Gasteiger partial charge is 0.434 e. The molecule has 1 aromatic rings. The van der Waals surface area contributed by atoms with Crippen molar-refractivity contribution in [3.8, 4) is 0 Å². The van der Waals surface area contributed by atoms with Crippen molar-refractivity contribution in [1.82, 2.24) is 14.7 Å². The number of carbonyl (C=O) groups is 1. The molecule has 1 unspecified atom stereocenters. The molecule has 2 fully saturated rings. The number of alkyl halides is 6. The molecule has 0 aliphatic carbocycles. The fourth-order valence-electron chi connectivity index (χ4n) is 3.77. The quantitative estimate of drug-likeness (QED) is 0.628. The lowest BCUT2D eigenvalue weighted by atomic mass is 10.1. The maximum absolute atomic E-state index is 14.5. The third-order valence-electron chi connectivity index (χ3n) is 5.31. The summed E-state index contributed by atoms with van der Waals surface area (Å²) >= 11 is 0. The first kappa shape index (κ1) is 24.5. The Morgan fingerprint density at radius 1 is 0.875 bits per heavy atom. The van der Waals surface area contributed by atoms with Crippen molar-refractivity contribution < 1.29 is 45.0 Å². The van der Waals surface area contributed by atoms with E-state index >= 15 is 0 Å². The first-order valence-corrected chi connectivity index (χ1v) is 9.87. The van der Waals surface area contributed by atoms with Crippen LogP contribution in [0, 0.1) is 5.82 Å². The molecule has 0 N–H and O–H groups in total. The Morgan fingerprint density at radius 2 is 1.41 bits per heavy atom. The van der Waals surface area contributed by atoms with E-state index in [1.807, 2.05) is 9.80 Å². The number of hydrogen-bond donors (Lipinski definition) is 0.